The molecule has 0 aromatic heterocycles. The highest BCUT2D eigenvalue weighted by Crippen LogP contribution is 2.31. The van der Waals surface area contributed by atoms with Gasteiger partial charge in [0.15, 0.2) is 5.17 Å². The molecule has 0 spiro atoms. The smallest absolute Gasteiger partial charge is 0.264 e. The lowest BCUT2D eigenvalue weighted by atomic mass is 10.2. The molecule has 1 fully saturated rings. The number of aryl methyl sites for hydroxylation is 1. The van der Waals surface area contributed by atoms with Crippen LogP contribution < -0.4 is 10.1 Å². The quantitative estimate of drug-likeness (QED) is 0.759. The number of nitrogens with zero attached hydrogens (tertiary/aromatic N) is 1. The van der Waals surface area contributed by atoms with Crippen LogP contribution in [0.25, 0.3) is 6.08 Å². The molecule has 0 saturated carbocycles. The minimum absolute atomic E-state index is 0.159. The van der Waals surface area contributed by atoms with E-state index in [-0.39, 0.29) is 5.91 Å². The number of rotatable bonds is 3. The van der Waals surface area contributed by atoms with Gasteiger partial charge in [-0.1, -0.05) is 33.6 Å². The fourth-order valence-corrected chi connectivity index (χ4v) is 3.39. The van der Waals surface area contributed by atoms with Crippen molar-refractivity contribution >= 4 is 50.5 Å². The summed E-state index contributed by atoms with van der Waals surface area (Å²) >= 11 is 4.75. The summed E-state index contributed by atoms with van der Waals surface area (Å²) in [6.07, 6.45) is 1.81. The van der Waals surface area contributed by atoms with Gasteiger partial charge in [0.1, 0.15) is 5.75 Å². The van der Waals surface area contributed by atoms with E-state index in [4.69, 9.17) is 4.74 Å². The average molecular weight is 403 g/mol. The van der Waals surface area contributed by atoms with Crippen molar-refractivity contribution in [3.05, 3.63) is 63.0 Å². The van der Waals surface area contributed by atoms with Crippen molar-refractivity contribution in [2.24, 2.45) is 4.99 Å². The molecule has 6 heteroatoms. The maximum atomic E-state index is 12.2. The summed E-state index contributed by atoms with van der Waals surface area (Å²) in [7, 11) is 1.61. The fraction of sp³-hybridized carbons (Fsp3) is 0.111. The maximum absolute atomic E-state index is 12.2. The van der Waals surface area contributed by atoms with Gasteiger partial charge in [0.05, 0.1) is 17.7 Å². The van der Waals surface area contributed by atoms with Crippen LogP contribution in [0.3, 0.4) is 0 Å². The van der Waals surface area contributed by atoms with Crippen molar-refractivity contribution in [3.8, 4) is 5.75 Å². The predicted molar refractivity (Wildman–Crippen MR) is 103 cm³/mol. The minimum atomic E-state index is -0.159. The number of ether oxygens (including phenoxy) is 1. The first kappa shape index (κ1) is 16.8. The normalized spacial score (nSPS) is 17.4. The zero-order valence-electron chi connectivity index (χ0n) is 13.2. The molecular weight excluding hydrogens is 388 g/mol. The molecule has 1 aliphatic rings. The summed E-state index contributed by atoms with van der Waals surface area (Å²) in [6.45, 7) is 2.02. The highest BCUT2D eigenvalue weighted by molar-refractivity contribution is 9.10. The van der Waals surface area contributed by atoms with Crippen LogP contribution in [0.2, 0.25) is 0 Å². The molecule has 4 nitrogen and oxygen atoms in total. The molecule has 24 heavy (non-hydrogen) atoms. The Labute approximate surface area is 153 Å². The molecule has 1 N–H and O–H groups in total. The number of methoxy groups -OCH3 is 1. The van der Waals surface area contributed by atoms with E-state index in [1.165, 1.54) is 17.3 Å². The van der Waals surface area contributed by atoms with E-state index in [1.807, 2.05) is 49.4 Å². The largest absolute Gasteiger partial charge is 0.496 e. The molecule has 1 amide bonds. The first-order chi connectivity index (χ1) is 11.5. The molecule has 2 aromatic rings. The molecule has 0 atom stereocenters. The number of amides is 1. The van der Waals surface area contributed by atoms with E-state index >= 15 is 0 Å². The summed E-state index contributed by atoms with van der Waals surface area (Å²) < 4.78 is 6.27. The van der Waals surface area contributed by atoms with Crippen LogP contribution in [-0.2, 0) is 4.79 Å². The molecule has 1 heterocycles. The van der Waals surface area contributed by atoms with Gasteiger partial charge in [-0.15, -0.1) is 0 Å². The van der Waals surface area contributed by atoms with Gasteiger partial charge in [-0.05, 0) is 55.1 Å². The summed E-state index contributed by atoms with van der Waals surface area (Å²) in [5.74, 6) is 0.552. The van der Waals surface area contributed by atoms with E-state index in [0.717, 1.165) is 15.7 Å². The van der Waals surface area contributed by atoms with Crippen molar-refractivity contribution < 1.29 is 9.53 Å². The van der Waals surface area contributed by atoms with Crippen LogP contribution in [0.5, 0.6) is 5.75 Å². The van der Waals surface area contributed by atoms with Crippen molar-refractivity contribution in [2.75, 3.05) is 7.11 Å². The SMILES string of the molecule is COc1ccc(Br)cc1/C=C1\SC(=Nc2ccc(C)cc2)NC1=O. The molecule has 2 aromatic carbocycles. The molecule has 0 unspecified atom stereocenters. The van der Waals surface area contributed by atoms with E-state index in [2.05, 4.69) is 26.2 Å². The van der Waals surface area contributed by atoms with Crippen molar-refractivity contribution in [1.82, 2.24) is 5.32 Å². The van der Waals surface area contributed by atoms with Crippen molar-refractivity contribution in [1.29, 1.82) is 0 Å². The second-order valence-electron chi connectivity index (χ2n) is 5.20. The van der Waals surface area contributed by atoms with E-state index in [9.17, 15) is 4.79 Å². The summed E-state index contributed by atoms with van der Waals surface area (Å²) in [4.78, 5) is 17.2. The molecule has 122 valence electrons. The predicted octanol–water partition coefficient (Wildman–Crippen LogP) is 4.66. The first-order valence-corrected chi connectivity index (χ1v) is 8.86. The van der Waals surface area contributed by atoms with Gasteiger partial charge in [-0.2, -0.15) is 0 Å². The number of carbonyl (C=O) groups is 1. The van der Waals surface area contributed by atoms with Gasteiger partial charge in [0.2, 0.25) is 0 Å². The van der Waals surface area contributed by atoms with E-state index in [1.54, 1.807) is 13.2 Å². The monoisotopic (exact) mass is 402 g/mol. The van der Waals surface area contributed by atoms with Gasteiger partial charge in [0, 0.05) is 10.0 Å². The van der Waals surface area contributed by atoms with E-state index in [0.29, 0.717) is 15.8 Å². The van der Waals surface area contributed by atoms with Crippen molar-refractivity contribution in [3.63, 3.8) is 0 Å². The van der Waals surface area contributed by atoms with Gasteiger partial charge in [0.25, 0.3) is 5.91 Å². The van der Waals surface area contributed by atoms with Crippen LogP contribution in [0, 0.1) is 6.92 Å². The van der Waals surface area contributed by atoms with Crippen LogP contribution in [-0.4, -0.2) is 18.2 Å². The Bertz CT molecular complexity index is 845. The lowest BCUT2D eigenvalue weighted by Crippen LogP contribution is -2.19. The van der Waals surface area contributed by atoms with Crippen LogP contribution in [0.1, 0.15) is 11.1 Å². The fourth-order valence-electron chi connectivity index (χ4n) is 2.18. The Morgan fingerprint density at radius 2 is 1.96 bits per heavy atom. The third-order valence-electron chi connectivity index (χ3n) is 3.39. The second kappa shape index (κ2) is 7.23. The minimum Gasteiger partial charge on any atom is -0.496 e. The lowest BCUT2D eigenvalue weighted by molar-refractivity contribution is -0.115. The van der Waals surface area contributed by atoms with Gasteiger partial charge >= 0.3 is 0 Å². The van der Waals surface area contributed by atoms with Gasteiger partial charge in [-0.25, -0.2) is 4.99 Å². The summed E-state index contributed by atoms with van der Waals surface area (Å²) in [6, 6.07) is 13.5. The average Bonchev–Trinajstić information content (AvgIpc) is 2.89. The summed E-state index contributed by atoms with van der Waals surface area (Å²) in [5.41, 5.74) is 2.81. The topological polar surface area (TPSA) is 50.7 Å². The zero-order valence-corrected chi connectivity index (χ0v) is 15.6. The Hall–Kier alpha value is -2.05. The van der Waals surface area contributed by atoms with Gasteiger partial charge in [-0.3, -0.25) is 4.79 Å². The molecular formula is C18H15BrN2O2S. The Morgan fingerprint density at radius 3 is 2.67 bits per heavy atom. The number of halogens is 1. The Morgan fingerprint density at radius 1 is 1.21 bits per heavy atom. The van der Waals surface area contributed by atoms with Crippen molar-refractivity contribution in [2.45, 2.75) is 6.92 Å². The highest BCUT2D eigenvalue weighted by atomic mass is 79.9. The molecule has 1 aliphatic heterocycles. The Balaban J connectivity index is 1.87. The number of aliphatic imine (C=N–C) groups is 1. The summed E-state index contributed by atoms with van der Waals surface area (Å²) in [5, 5.41) is 3.37. The number of thioether (sulfide) groups is 1. The third kappa shape index (κ3) is 3.88. The Kier molecular flexibility index (Phi) is 5.06. The lowest BCUT2D eigenvalue weighted by Gasteiger charge is -2.05. The maximum Gasteiger partial charge on any atom is 0.264 e. The molecule has 1 saturated heterocycles. The molecule has 0 radical (unpaired) electrons. The molecule has 0 bridgehead atoms. The second-order valence-corrected chi connectivity index (χ2v) is 7.15. The van der Waals surface area contributed by atoms with Crippen LogP contribution in [0.4, 0.5) is 5.69 Å². The number of hydrogen-bond acceptors (Lipinski definition) is 4. The highest BCUT2D eigenvalue weighted by Gasteiger charge is 2.24. The number of benzene rings is 2. The molecule has 3 rings (SSSR count). The molecule has 0 aliphatic carbocycles. The van der Waals surface area contributed by atoms with Crippen LogP contribution in [0.15, 0.2) is 56.8 Å². The van der Waals surface area contributed by atoms with Gasteiger partial charge < -0.3 is 10.1 Å². The van der Waals surface area contributed by atoms with E-state index < -0.39 is 0 Å². The standard InChI is InChI=1S/C18H15BrN2O2S/c1-11-3-6-14(7-4-11)20-18-21-17(22)16(24-18)10-12-9-13(19)5-8-15(12)23-2/h3-10H,1-2H3,(H,20,21,22)/b16-10-. The number of amidine groups is 1. The third-order valence-corrected chi connectivity index (χ3v) is 4.80. The number of nitrogens with one attached hydrogen (secondary N) is 1. The van der Waals surface area contributed by atoms with Crippen LogP contribution >= 0.6 is 27.7 Å². The number of hydrogen-bond donors (Lipinski definition) is 1. The zero-order chi connectivity index (χ0) is 17.1. The number of carbonyl (C=O) groups excluding carboxylic acids is 1. The first-order valence-electron chi connectivity index (χ1n) is 7.25.